The molecule has 4 N–H and O–H groups in total. The van der Waals surface area contributed by atoms with Crippen LogP contribution in [0.3, 0.4) is 0 Å². The highest BCUT2D eigenvalue weighted by atomic mass is 16.5. The van der Waals surface area contributed by atoms with Crippen molar-refractivity contribution in [3.05, 3.63) is 30.1 Å². The first-order chi connectivity index (χ1) is 8.70. The fourth-order valence-electron chi connectivity index (χ4n) is 1.36. The number of nitrogen functional groups attached to an aromatic ring is 1. The number of H-pyrrole nitrogens is 1. The maximum Gasteiger partial charge on any atom is 0.261 e. The van der Waals surface area contributed by atoms with Crippen molar-refractivity contribution in [1.29, 1.82) is 0 Å². The molecular weight excluding hydrogens is 234 g/mol. The monoisotopic (exact) mass is 247 g/mol. The van der Waals surface area contributed by atoms with Gasteiger partial charge in [0.2, 0.25) is 5.88 Å². The zero-order valence-corrected chi connectivity index (χ0v) is 9.80. The van der Waals surface area contributed by atoms with Gasteiger partial charge in [-0.2, -0.15) is 5.10 Å². The number of carbonyl (C=O) groups is 1. The van der Waals surface area contributed by atoms with E-state index in [2.05, 4.69) is 20.5 Å². The molecule has 0 fully saturated rings. The second-order valence-electron chi connectivity index (χ2n) is 3.47. The molecule has 2 rings (SSSR count). The van der Waals surface area contributed by atoms with Crippen LogP contribution >= 0.6 is 0 Å². The number of carbonyl (C=O) groups excluding carboxylic acids is 1. The van der Waals surface area contributed by atoms with Crippen LogP contribution in [-0.2, 0) is 0 Å². The second kappa shape index (κ2) is 5.17. The fourth-order valence-corrected chi connectivity index (χ4v) is 1.36. The predicted octanol–water partition coefficient (Wildman–Crippen LogP) is 1.04. The summed E-state index contributed by atoms with van der Waals surface area (Å²) >= 11 is 0. The molecule has 1 amide bonds. The number of hydrogen-bond acceptors (Lipinski definition) is 5. The van der Waals surface area contributed by atoms with E-state index in [1.54, 1.807) is 12.1 Å². The van der Waals surface area contributed by atoms with E-state index in [1.165, 1.54) is 12.4 Å². The maximum atomic E-state index is 11.8. The molecule has 0 saturated heterocycles. The van der Waals surface area contributed by atoms with Crippen molar-refractivity contribution >= 4 is 17.4 Å². The van der Waals surface area contributed by atoms with Crippen LogP contribution in [0.5, 0.6) is 5.88 Å². The van der Waals surface area contributed by atoms with E-state index in [-0.39, 0.29) is 11.7 Å². The van der Waals surface area contributed by atoms with Crippen LogP contribution in [0.1, 0.15) is 17.3 Å². The Labute approximate surface area is 103 Å². The standard InChI is InChI=1S/C11H13N5O2/c1-2-18-9-4-3-7(5-13-9)15-11(17)8-6-14-16-10(8)12/h3-6H,2H2,1H3,(H,15,17)(H3,12,14,16). The van der Waals surface area contributed by atoms with E-state index in [9.17, 15) is 4.79 Å². The molecule has 0 aromatic carbocycles. The molecule has 0 unspecified atom stereocenters. The molecule has 0 radical (unpaired) electrons. The first-order valence-corrected chi connectivity index (χ1v) is 5.39. The van der Waals surface area contributed by atoms with Crippen molar-refractivity contribution in [3.63, 3.8) is 0 Å². The number of hydrogen-bond donors (Lipinski definition) is 3. The van der Waals surface area contributed by atoms with E-state index in [1.807, 2.05) is 6.92 Å². The normalized spacial score (nSPS) is 10.1. The van der Waals surface area contributed by atoms with E-state index >= 15 is 0 Å². The second-order valence-corrected chi connectivity index (χ2v) is 3.47. The van der Waals surface area contributed by atoms with Gasteiger partial charge in [-0.05, 0) is 13.0 Å². The minimum absolute atomic E-state index is 0.228. The summed E-state index contributed by atoms with van der Waals surface area (Å²) in [5, 5.41) is 8.83. The number of nitrogens with one attached hydrogen (secondary N) is 2. The van der Waals surface area contributed by atoms with Gasteiger partial charge in [0.05, 0.1) is 24.7 Å². The zero-order chi connectivity index (χ0) is 13.0. The molecule has 94 valence electrons. The lowest BCUT2D eigenvalue weighted by Crippen LogP contribution is -2.13. The molecule has 7 nitrogen and oxygen atoms in total. The summed E-state index contributed by atoms with van der Waals surface area (Å²) in [6.07, 6.45) is 2.88. The highest BCUT2D eigenvalue weighted by Gasteiger charge is 2.11. The molecule has 0 spiro atoms. The Bertz CT molecular complexity index is 535. The number of aromatic nitrogens is 3. The number of ether oxygens (including phenoxy) is 1. The summed E-state index contributed by atoms with van der Waals surface area (Å²) in [4.78, 5) is 15.8. The van der Waals surface area contributed by atoms with Gasteiger partial charge >= 0.3 is 0 Å². The van der Waals surface area contributed by atoms with Crippen LogP contribution < -0.4 is 15.8 Å². The molecular formula is C11H13N5O2. The third kappa shape index (κ3) is 2.57. The molecule has 0 aliphatic heterocycles. The van der Waals surface area contributed by atoms with E-state index in [0.29, 0.717) is 23.7 Å². The van der Waals surface area contributed by atoms with Gasteiger partial charge in [-0.25, -0.2) is 4.98 Å². The Morgan fingerprint density at radius 2 is 2.33 bits per heavy atom. The lowest BCUT2D eigenvalue weighted by atomic mass is 10.3. The van der Waals surface area contributed by atoms with Crippen molar-refractivity contribution < 1.29 is 9.53 Å². The van der Waals surface area contributed by atoms with Gasteiger partial charge < -0.3 is 15.8 Å². The molecule has 2 aromatic rings. The molecule has 0 bridgehead atoms. The number of nitrogens with two attached hydrogens (primary N) is 1. The molecule has 7 heteroatoms. The summed E-state index contributed by atoms with van der Waals surface area (Å²) < 4.78 is 5.20. The average Bonchev–Trinajstić information content (AvgIpc) is 2.78. The Balaban J connectivity index is 2.05. The van der Waals surface area contributed by atoms with Crippen LogP contribution in [0, 0.1) is 0 Å². The third-order valence-corrected chi connectivity index (χ3v) is 2.20. The van der Waals surface area contributed by atoms with Crippen molar-refractivity contribution in [3.8, 4) is 5.88 Å². The van der Waals surface area contributed by atoms with E-state index in [4.69, 9.17) is 10.5 Å². The van der Waals surface area contributed by atoms with E-state index in [0.717, 1.165) is 0 Å². The average molecular weight is 247 g/mol. The summed E-state index contributed by atoms with van der Waals surface area (Å²) in [5.41, 5.74) is 6.40. The van der Waals surface area contributed by atoms with Crippen LogP contribution in [-0.4, -0.2) is 27.7 Å². The van der Waals surface area contributed by atoms with Gasteiger partial charge in [0.25, 0.3) is 5.91 Å². The highest BCUT2D eigenvalue weighted by molar-refractivity contribution is 6.06. The van der Waals surface area contributed by atoms with Crippen molar-refractivity contribution in [2.24, 2.45) is 0 Å². The summed E-state index contributed by atoms with van der Waals surface area (Å²) in [7, 11) is 0. The Hall–Kier alpha value is -2.57. The van der Waals surface area contributed by atoms with Gasteiger partial charge in [0.1, 0.15) is 11.4 Å². The molecule has 0 aliphatic rings. The molecule has 2 heterocycles. The maximum absolute atomic E-state index is 11.8. The minimum Gasteiger partial charge on any atom is -0.478 e. The van der Waals surface area contributed by atoms with Gasteiger partial charge in [0.15, 0.2) is 0 Å². The Kier molecular flexibility index (Phi) is 3.42. The lowest BCUT2D eigenvalue weighted by molar-refractivity contribution is 0.102. The number of aromatic amines is 1. The van der Waals surface area contributed by atoms with Gasteiger partial charge in [0, 0.05) is 6.07 Å². The quantitative estimate of drug-likeness (QED) is 0.748. The zero-order valence-electron chi connectivity index (χ0n) is 9.80. The summed E-state index contributed by atoms with van der Waals surface area (Å²) in [6.45, 7) is 2.42. The van der Waals surface area contributed by atoms with Gasteiger partial charge in [-0.3, -0.25) is 9.89 Å². The molecule has 2 aromatic heterocycles. The number of anilines is 2. The topological polar surface area (TPSA) is 106 Å². The Morgan fingerprint density at radius 3 is 2.89 bits per heavy atom. The largest absolute Gasteiger partial charge is 0.478 e. The minimum atomic E-state index is -0.341. The van der Waals surface area contributed by atoms with Crippen molar-refractivity contribution in [2.45, 2.75) is 6.92 Å². The number of rotatable bonds is 4. The van der Waals surface area contributed by atoms with Gasteiger partial charge in [-0.1, -0.05) is 0 Å². The van der Waals surface area contributed by atoms with Crippen LogP contribution in [0.4, 0.5) is 11.5 Å². The molecule has 18 heavy (non-hydrogen) atoms. The number of nitrogens with zero attached hydrogens (tertiary/aromatic N) is 2. The fraction of sp³-hybridized carbons (Fsp3) is 0.182. The number of amides is 1. The molecule has 0 saturated carbocycles. The van der Waals surface area contributed by atoms with Crippen LogP contribution in [0.2, 0.25) is 0 Å². The van der Waals surface area contributed by atoms with Crippen LogP contribution in [0.25, 0.3) is 0 Å². The van der Waals surface area contributed by atoms with Crippen molar-refractivity contribution in [2.75, 3.05) is 17.7 Å². The van der Waals surface area contributed by atoms with Crippen LogP contribution in [0.15, 0.2) is 24.5 Å². The first kappa shape index (κ1) is 11.9. The third-order valence-electron chi connectivity index (χ3n) is 2.20. The summed E-state index contributed by atoms with van der Waals surface area (Å²) in [5.74, 6) is 0.400. The number of pyridine rings is 1. The SMILES string of the molecule is CCOc1ccc(NC(=O)c2cn[nH]c2N)cn1. The first-order valence-electron chi connectivity index (χ1n) is 5.39. The molecule has 0 atom stereocenters. The highest BCUT2D eigenvalue weighted by Crippen LogP contribution is 2.14. The molecule has 0 aliphatic carbocycles. The summed E-state index contributed by atoms with van der Waals surface area (Å²) in [6, 6.07) is 3.38. The van der Waals surface area contributed by atoms with E-state index < -0.39 is 0 Å². The lowest BCUT2D eigenvalue weighted by Gasteiger charge is -2.05. The smallest absolute Gasteiger partial charge is 0.261 e. The predicted molar refractivity (Wildman–Crippen MR) is 66.4 cm³/mol. The van der Waals surface area contributed by atoms with Gasteiger partial charge in [-0.15, -0.1) is 0 Å². The Morgan fingerprint density at radius 1 is 1.50 bits per heavy atom. The van der Waals surface area contributed by atoms with Crippen molar-refractivity contribution in [1.82, 2.24) is 15.2 Å².